The summed E-state index contributed by atoms with van der Waals surface area (Å²) >= 11 is 0. The highest BCUT2D eigenvalue weighted by molar-refractivity contribution is 7.91. The lowest BCUT2D eigenvalue weighted by Crippen LogP contribution is -2.43. The molecule has 0 spiro atoms. The SMILES string of the molecule is COC(=O)NS(=O)(=O)C1(COc2nccc3cc(C(=O)NCc4ccc(C#N)cc4)c(=O)n(C)c23)CC1. The minimum atomic E-state index is -4.07. The molecule has 1 fully saturated rings. The number of rotatable bonds is 8. The number of nitriles is 1. The van der Waals surface area contributed by atoms with E-state index in [9.17, 15) is 22.8 Å². The van der Waals surface area contributed by atoms with Crippen molar-refractivity contribution in [3.8, 4) is 11.9 Å². The van der Waals surface area contributed by atoms with Crippen LogP contribution < -0.4 is 20.3 Å². The van der Waals surface area contributed by atoms with Gasteiger partial charge in [0.1, 0.15) is 22.4 Å². The van der Waals surface area contributed by atoms with Crippen molar-refractivity contribution >= 4 is 32.9 Å². The van der Waals surface area contributed by atoms with E-state index in [0.717, 1.165) is 12.7 Å². The Morgan fingerprint density at radius 2 is 1.92 bits per heavy atom. The van der Waals surface area contributed by atoms with Gasteiger partial charge in [-0.1, -0.05) is 12.1 Å². The molecule has 1 aliphatic rings. The van der Waals surface area contributed by atoms with Gasteiger partial charge in [-0.2, -0.15) is 5.26 Å². The van der Waals surface area contributed by atoms with E-state index in [2.05, 4.69) is 15.0 Å². The molecule has 2 aromatic heterocycles. The van der Waals surface area contributed by atoms with Crippen molar-refractivity contribution in [3.63, 3.8) is 0 Å². The zero-order chi connectivity index (χ0) is 26.8. The molecule has 2 heterocycles. The molecule has 1 aliphatic carbocycles. The molecule has 0 bridgehead atoms. The van der Waals surface area contributed by atoms with E-state index in [1.807, 2.05) is 10.8 Å². The predicted octanol–water partition coefficient (Wildman–Crippen LogP) is 1.33. The lowest BCUT2D eigenvalue weighted by Gasteiger charge is -2.18. The van der Waals surface area contributed by atoms with E-state index in [1.165, 1.54) is 23.9 Å². The number of carbonyl (C=O) groups excluding carboxylic acids is 2. The fraction of sp³-hybridized carbons (Fsp3) is 0.292. The summed E-state index contributed by atoms with van der Waals surface area (Å²) in [6.45, 7) is -0.140. The van der Waals surface area contributed by atoms with Crippen molar-refractivity contribution in [2.45, 2.75) is 24.1 Å². The van der Waals surface area contributed by atoms with Gasteiger partial charge < -0.3 is 19.4 Å². The number of hydrogen-bond acceptors (Lipinski definition) is 9. The number of methoxy groups -OCH3 is 1. The minimum Gasteiger partial charge on any atom is -0.474 e. The van der Waals surface area contributed by atoms with Gasteiger partial charge in [0.25, 0.3) is 11.5 Å². The first-order chi connectivity index (χ1) is 17.6. The molecule has 0 unspecified atom stereocenters. The van der Waals surface area contributed by atoms with Gasteiger partial charge in [-0.3, -0.25) is 9.59 Å². The number of benzene rings is 1. The van der Waals surface area contributed by atoms with Gasteiger partial charge in [0.05, 0.1) is 18.7 Å². The van der Waals surface area contributed by atoms with E-state index in [4.69, 9.17) is 10.00 Å². The number of aromatic nitrogens is 2. The third kappa shape index (κ3) is 5.10. The van der Waals surface area contributed by atoms with Crippen molar-refractivity contribution in [3.05, 3.63) is 69.6 Å². The molecule has 1 saturated carbocycles. The summed E-state index contributed by atoms with van der Waals surface area (Å²) < 4.78 is 37.0. The number of fused-ring (bicyclic) bond motifs is 1. The summed E-state index contributed by atoms with van der Waals surface area (Å²) in [5.74, 6) is -0.566. The summed E-state index contributed by atoms with van der Waals surface area (Å²) in [5, 5.41) is 12.1. The average molecular weight is 526 g/mol. The summed E-state index contributed by atoms with van der Waals surface area (Å²) in [4.78, 5) is 41.4. The van der Waals surface area contributed by atoms with Crippen LogP contribution in [-0.2, 0) is 28.4 Å². The minimum absolute atomic E-state index is 0.0150. The largest absolute Gasteiger partial charge is 0.474 e. The number of pyridine rings is 2. The van der Waals surface area contributed by atoms with Crippen LogP contribution in [0.3, 0.4) is 0 Å². The van der Waals surface area contributed by atoms with Crippen LogP contribution in [0.2, 0.25) is 0 Å². The van der Waals surface area contributed by atoms with Crippen molar-refractivity contribution in [1.82, 2.24) is 19.6 Å². The lowest BCUT2D eigenvalue weighted by molar-refractivity contribution is 0.0949. The quantitative estimate of drug-likeness (QED) is 0.440. The summed E-state index contributed by atoms with van der Waals surface area (Å²) in [6, 6.07) is 11.7. The second kappa shape index (κ2) is 9.90. The van der Waals surface area contributed by atoms with E-state index in [0.29, 0.717) is 10.9 Å². The number of hydrogen-bond donors (Lipinski definition) is 2. The Hall–Kier alpha value is -4.44. The maximum atomic E-state index is 13.0. The fourth-order valence-electron chi connectivity index (χ4n) is 3.73. The molecule has 2 N–H and O–H groups in total. The third-order valence-electron chi connectivity index (χ3n) is 6.13. The smallest absolute Gasteiger partial charge is 0.420 e. The van der Waals surface area contributed by atoms with Crippen molar-refractivity contribution in [1.29, 1.82) is 5.26 Å². The van der Waals surface area contributed by atoms with E-state index in [1.54, 1.807) is 30.3 Å². The maximum Gasteiger partial charge on any atom is 0.420 e. The number of nitrogens with zero attached hydrogens (tertiary/aromatic N) is 3. The number of amides is 2. The summed E-state index contributed by atoms with van der Waals surface area (Å²) in [7, 11) is -1.55. The van der Waals surface area contributed by atoms with Gasteiger partial charge in [-0.25, -0.2) is 22.9 Å². The van der Waals surface area contributed by atoms with E-state index < -0.39 is 32.3 Å². The van der Waals surface area contributed by atoms with Gasteiger partial charge >= 0.3 is 6.09 Å². The third-order valence-corrected chi connectivity index (χ3v) is 8.23. The van der Waals surface area contributed by atoms with Crippen molar-refractivity contribution < 1.29 is 27.5 Å². The van der Waals surface area contributed by atoms with Gasteiger partial charge in [0, 0.05) is 25.2 Å². The molecule has 37 heavy (non-hydrogen) atoms. The highest BCUT2D eigenvalue weighted by Crippen LogP contribution is 2.43. The van der Waals surface area contributed by atoms with Gasteiger partial charge in [0.2, 0.25) is 15.9 Å². The topological polar surface area (TPSA) is 169 Å². The van der Waals surface area contributed by atoms with Crippen LogP contribution in [0.1, 0.15) is 34.3 Å². The Labute approximate surface area is 211 Å². The number of sulfonamides is 1. The van der Waals surface area contributed by atoms with E-state index in [-0.39, 0.29) is 43.0 Å². The van der Waals surface area contributed by atoms with Crippen LogP contribution in [-0.4, -0.2) is 48.4 Å². The Morgan fingerprint density at radius 1 is 1.22 bits per heavy atom. The molecule has 0 radical (unpaired) electrons. The molecule has 3 aromatic rings. The average Bonchev–Trinajstić information content (AvgIpc) is 3.70. The zero-order valence-electron chi connectivity index (χ0n) is 20.0. The first-order valence-corrected chi connectivity index (χ1v) is 12.6. The number of nitrogens with one attached hydrogen (secondary N) is 2. The Balaban J connectivity index is 1.55. The second-order valence-corrected chi connectivity index (χ2v) is 10.6. The van der Waals surface area contributed by atoms with Crippen LogP contribution in [0.4, 0.5) is 4.79 Å². The van der Waals surface area contributed by atoms with Gasteiger partial charge in [-0.15, -0.1) is 0 Å². The summed E-state index contributed by atoms with van der Waals surface area (Å²) in [6.07, 6.45) is 0.863. The molecular weight excluding hydrogens is 502 g/mol. The molecule has 192 valence electrons. The maximum absolute atomic E-state index is 13.0. The molecule has 0 aliphatic heterocycles. The zero-order valence-corrected chi connectivity index (χ0v) is 20.8. The van der Waals surface area contributed by atoms with Crippen molar-refractivity contribution in [2.24, 2.45) is 7.05 Å². The summed E-state index contributed by atoms with van der Waals surface area (Å²) in [5.41, 5.74) is 0.851. The molecular formula is C24H23N5O7S. The normalized spacial score (nSPS) is 13.9. The number of carbonyl (C=O) groups is 2. The number of aryl methyl sites for hydroxylation is 1. The fourth-order valence-corrected chi connectivity index (χ4v) is 5.11. The van der Waals surface area contributed by atoms with Gasteiger partial charge in [-0.05, 0) is 42.7 Å². The molecule has 0 saturated heterocycles. The van der Waals surface area contributed by atoms with Crippen LogP contribution in [0, 0.1) is 11.3 Å². The molecule has 12 nitrogen and oxygen atoms in total. The Bertz CT molecular complexity index is 1590. The van der Waals surface area contributed by atoms with E-state index >= 15 is 0 Å². The predicted molar refractivity (Wildman–Crippen MR) is 131 cm³/mol. The Kier molecular flexibility index (Phi) is 6.86. The standard InChI is InChI=1S/C24H23N5O7S/c1-29-19-17(11-18(22(29)31)20(30)27-13-16-5-3-15(12-25)4-6-16)7-10-26-21(19)36-14-24(8-9-24)37(33,34)28-23(32)35-2/h3-7,10-11H,8-9,13-14H2,1-2H3,(H,27,30)(H,28,32). The molecule has 13 heteroatoms. The lowest BCUT2D eigenvalue weighted by atomic mass is 10.1. The monoisotopic (exact) mass is 525 g/mol. The molecule has 4 rings (SSSR count). The highest BCUT2D eigenvalue weighted by atomic mass is 32.2. The van der Waals surface area contributed by atoms with Crippen LogP contribution in [0.5, 0.6) is 5.88 Å². The first-order valence-electron chi connectivity index (χ1n) is 11.1. The molecule has 2 amide bonds. The molecule has 1 aromatic carbocycles. The van der Waals surface area contributed by atoms with Crippen LogP contribution in [0.15, 0.2) is 47.4 Å². The first kappa shape index (κ1) is 25.6. The van der Waals surface area contributed by atoms with Crippen LogP contribution in [0.25, 0.3) is 10.9 Å². The number of ether oxygens (including phenoxy) is 2. The Morgan fingerprint density at radius 3 is 2.54 bits per heavy atom. The highest BCUT2D eigenvalue weighted by Gasteiger charge is 2.56. The molecule has 0 atom stereocenters. The van der Waals surface area contributed by atoms with Gasteiger partial charge in [0.15, 0.2) is 0 Å². The second-order valence-electron chi connectivity index (χ2n) is 8.54. The van der Waals surface area contributed by atoms with Crippen LogP contribution >= 0.6 is 0 Å². The van der Waals surface area contributed by atoms with Crippen molar-refractivity contribution in [2.75, 3.05) is 13.7 Å².